The van der Waals surface area contributed by atoms with E-state index in [0.29, 0.717) is 69.0 Å². The van der Waals surface area contributed by atoms with Crippen LogP contribution in [0, 0.1) is 29.3 Å². The number of amides is 15. The summed E-state index contributed by atoms with van der Waals surface area (Å²) in [6, 6.07) is 14.2. The van der Waals surface area contributed by atoms with Crippen LogP contribution in [0.5, 0.6) is 11.5 Å². The molecule has 10 rings (SSSR count). The number of halogens is 3. The highest BCUT2D eigenvalue weighted by Gasteiger charge is 2.48. The van der Waals surface area contributed by atoms with E-state index >= 15 is 56.7 Å². The number of para-hydroxylation sites is 1. The maximum atomic E-state index is 15.8. The predicted molar refractivity (Wildman–Crippen MR) is 498 cm³/mol. The van der Waals surface area contributed by atoms with Crippen molar-refractivity contribution in [3.05, 3.63) is 203 Å². The van der Waals surface area contributed by atoms with E-state index in [-0.39, 0.29) is 87.8 Å². The first kappa shape index (κ1) is 105. The molecular formula is C97H119F3N16O20S. The highest BCUT2D eigenvalue weighted by molar-refractivity contribution is 8.00. The number of carboxylic acids is 1. The molecule has 137 heavy (non-hydrogen) atoms. The minimum atomic E-state index is -1.97. The molecule has 0 unspecified atom stereocenters. The van der Waals surface area contributed by atoms with E-state index in [1.165, 1.54) is 88.4 Å². The zero-order chi connectivity index (χ0) is 99.8. The Morgan fingerprint density at radius 3 is 1.61 bits per heavy atom. The molecule has 3 fully saturated rings. The van der Waals surface area contributed by atoms with Gasteiger partial charge in [0.2, 0.25) is 88.6 Å². The van der Waals surface area contributed by atoms with Gasteiger partial charge >= 0.3 is 5.97 Å². The minimum Gasteiger partial charge on any atom is -0.508 e. The Morgan fingerprint density at radius 2 is 1.02 bits per heavy atom. The monoisotopic (exact) mass is 1920 g/mol. The normalized spacial score (nSPS) is 23.8. The molecule has 7 aromatic rings. The standard InChI is InChI=1S/C97H119F3N16O20S/c1-9-10-26-76-96(135)115-36-19-27-75(115)90(129)108-71(47-82(122)123)89(128)111-84(54(4)5)97(136)113(7)77(43-55-20-13-11-14-21-55)91(130)109-73(41-58-30-34-62(118)35-31-58)94(133)116-50-63(119)46-78(116)92(131)107-70(45-60-48-102-67-25-18-17-24-64(60)67)88(127)106-69(40-57-28-32-61(117)33-29-57)87(126)105-68(37-53(2)3)86(125)110-74(85(124)103-49-80(101)120)51-137-52-81(121)104-72(42-59-38-65(98)83(100)66(99)39-59)93(132)114(8)79(95(134)112(76)6)44-56-22-15-12-16-23-56/h11-18,20-25,28-35,38-39,48,53-54,63,68-79,84,102,117-119H,9-10,19,26-27,36-37,40-47,49-52H2,1-8H3,(H2,101,120)(H,103,124)(H,104,121)(H,105,126)(H,106,127)(H,107,131)(H,108,129)(H,109,130)(H,110,125)(H,111,128)(H,122,123)/t63-,68-,69-,70-,71-,72-,73-,74-,75+,76-,77-,78+,79-,84-/m0/s1. The maximum Gasteiger partial charge on any atom is 0.305 e. The number of carbonyl (C=O) groups excluding carboxylic acids is 15. The van der Waals surface area contributed by atoms with E-state index in [2.05, 4.69) is 52.8 Å². The van der Waals surface area contributed by atoms with Crippen LogP contribution in [0.15, 0.2) is 152 Å². The van der Waals surface area contributed by atoms with Crippen molar-refractivity contribution >= 4 is 117 Å². The fourth-order valence-corrected chi connectivity index (χ4v) is 17.9. The van der Waals surface area contributed by atoms with E-state index in [9.17, 15) is 53.6 Å². The summed E-state index contributed by atoms with van der Waals surface area (Å²) in [7, 11) is 3.73. The Labute approximate surface area is 794 Å². The molecule has 14 atom stereocenters. The predicted octanol–water partition coefficient (Wildman–Crippen LogP) is 2.78. The van der Waals surface area contributed by atoms with Gasteiger partial charge in [0, 0.05) is 102 Å². The number of primary amides is 1. The molecule has 0 spiro atoms. The van der Waals surface area contributed by atoms with Crippen LogP contribution in [0.25, 0.3) is 10.9 Å². The van der Waals surface area contributed by atoms with Crippen LogP contribution >= 0.6 is 11.8 Å². The number of rotatable bonds is 23. The number of aliphatic hydroxyl groups is 1. The van der Waals surface area contributed by atoms with Crippen molar-refractivity contribution in [3.63, 3.8) is 0 Å². The van der Waals surface area contributed by atoms with Crippen LogP contribution in [0.2, 0.25) is 0 Å². The first-order valence-corrected chi connectivity index (χ1v) is 46.5. The zero-order valence-corrected chi connectivity index (χ0v) is 78.1. The van der Waals surface area contributed by atoms with E-state index in [0.717, 1.165) is 19.6 Å². The molecule has 0 radical (unpaired) electrons. The first-order chi connectivity index (χ1) is 65.2. The Balaban J connectivity index is 1.06. The Hall–Kier alpha value is -13.9. The largest absolute Gasteiger partial charge is 0.508 e. The van der Waals surface area contributed by atoms with Crippen LogP contribution in [0.3, 0.4) is 0 Å². The maximum absolute atomic E-state index is 15.8. The van der Waals surface area contributed by atoms with Gasteiger partial charge in [-0.1, -0.05) is 151 Å². The molecule has 16 N–H and O–H groups in total. The second kappa shape index (κ2) is 49.0. The number of aromatic nitrogens is 1. The van der Waals surface area contributed by atoms with Gasteiger partial charge in [0.1, 0.15) is 90.0 Å². The van der Waals surface area contributed by atoms with Gasteiger partial charge in [-0.25, -0.2) is 13.2 Å². The number of hydrogen-bond acceptors (Lipinski definition) is 20. The zero-order valence-electron chi connectivity index (χ0n) is 77.3. The van der Waals surface area contributed by atoms with Crippen LogP contribution < -0.4 is 53.6 Å². The lowest BCUT2D eigenvalue weighted by molar-refractivity contribution is -0.152. The highest BCUT2D eigenvalue weighted by Crippen LogP contribution is 2.29. The molecule has 4 heterocycles. The quantitative estimate of drug-likeness (QED) is 0.0409. The van der Waals surface area contributed by atoms with Gasteiger partial charge in [0.25, 0.3) is 0 Å². The molecule has 3 saturated heterocycles. The smallest absolute Gasteiger partial charge is 0.305 e. The molecule has 15 amide bonds. The molecule has 0 aliphatic carbocycles. The van der Waals surface area contributed by atoms with Gasteiger partial charge in [0.05, 0.1) is 24.8 Å². The summed E-state index contributed by atoms with van der Waals surface area (Å²) in [5.41, 5.74) is 7.75. The summed E-state index contributed by atoms with van der Waals surface area (Å²) in [4.78, 5) is 247. The van der Waals surface area contributed by atoms with Crippen molar-refractivity contribution < 1.29 is 110 Å². The lowest BCUT2D eigenvalue weighted by Crippen LogP contribution is -2.62. The van der Waals surface area contributed by atoms with Crippen molar-refractivity contribution in [1.82, 2.24) is 77.3 Å². The number of H-pyrrole nitrogens is 1. The third kappa shape index (κ3) is 28.8. The Kier molecular flexibility index (Phi) is 37.6. The topological polar surface area (TPSA) is 520 Å². The molecule has 3 aliphatic heterocycles. The van der Waals surface area contributed by atoms with E-state index in [4.69, 9.17) is 5.73 Å². The number of aliphatic hydroxyl groups excluding tert-OH is 1. The third-order valence-electron chi connectivity index (χ3n) is 24.4. The SMILES string of the molecule is CCCC[C@H]1C(=O)N2CCC[C@@H]2C(=O)N[C@@H](CC(=O)O)C(=O)N[C@@H](C(C)C)C(=O)N(C)[C@@H](Cc2ccccc2)C(=O)N[C@@H](Cc2ccc(O)cc2)C(=O)N2C[C@@H](O)C[C@@H]2C(=O)N[C@@H](Cc2c[nH]c3ccccc23)C(=O)N[C@@H](Cc2ccc(O)cc2)C(=O)N[C@@H](CC(C)C)C(=O)N[C@H](C(=O)NCC(N)=O)CSCC(=O)N[C@@H](Cc2cc(F)c(F)c(F)c2)C(=O)N(C)[C@@H](Cc2ccccc2)C(=O)N1C. The number of nitrogens with zero attached hydrogens (tertiary/aromatic N) is 5. The van der Waals surface area contributed by atoms with E-state index in [1.807, 2.05) is 0 Å². The number of likely N-dealkylation sites (N-methyl/N-ethyl adjacent to an activating group) is 3. The minimum absolute atomic E-state index is 0.0542. The van der Waals surface area contributed by atoms with Gasteiger partial charge in [-0.3, -0.25) is 76.7 Å². The average Bonchev–Trinajstić information content (AvgIpc) is 1.73. The summed E-state index contributed by atoms with van der Waals surface area (Å²) >= 11 is 0.665. The number of phenolic OH excluding ortho intramolecular Hbond substituents is 2. The summed E-state index contributed by atoms with van der Waals surface area (Å²) in [6.07, 6.45) is -3.20. The number of nitrogens with one attached hydrogen (secondary N) is 10. The lowest BCUT2D eigenvalue weighted by Gasteiger charge is -2.38. The second-order valence-electron chi connectivity index (χ2n) is 35.5. The van der Waals surface area contributed by atoms with Gasteiger partial charge in [-0.15, -0.1) is 11.8 Å². The average molecular weight is 1920 g/mol. The molecule has 0 bridgehead atoms. The summed E-state index contributed by atoms with van der Waals surface area (Å²) in [6.45, 7) is 6.84. The molecule has 6 aromatic carbocycles. The van der Waals surface area contributed by atoms with E-state index in [1.54, 1.807) is 112 Å². The van der Waals surface area contributed by atoms with Gasteiger partial charge in [0.15, 0.2) is 17.5 Å². The van der Waals surface area contributed by atoms with Crippen LogP contribution in [0.1, 0.15) is 119 Å². The summed E-state index contributed by atoms with van der Waals surface area (Å²) in [5.74, 6) is -24.8. The molecular weight excluding hydrogens is 1800 g/mol. The number of thioether (sulfide) groups is 1. The number of unbranched alkanes of at least 4 members (excludes halogenated alkanes) is 1. The van der Waals surface area contributed by atoms with Crippen molar-refractivity contribution in [1.29, 1.82) is 0 Å². The lowest BCUT2D eigenvalue weighted by atomic mass is 9.98. The highest BCUT2D eigenvalue weighted by atomic mass is 32.2. The Bertz CT molecular complexity index is 5490. The second-order valence-corrected chi connectivity index (χ2v) is 36.6. The number of hydrogen-bond donors (Lipinski definition) is 15. The summed E-state index contributed by atoms with van der Waals surface area (Å²) in [5, 5.41) is 67.2. The van der Waals surface area contributed by atoms with Crippen LogP contribution in [0.4, 0.5) is 13.2 Å². The number of aromatic hydroxyl groups is 2. The number of benzene rings is 6. The van der Waals surface area contributed by atoms with Gasteiger partial charge in [-0.2, -0.15) is 0 Å². The van der Waals surface area contributed by atoms with Crippen molar-refractivity contribution in [2.24, 2.45) is 17.6 Å². The molecule has 1 aromatic heterocycles. The Morgan fingerprint density at radius 1 is 0.518 bits per heavy atom. The molecule has 36 nitrogen and oxygen atoms in total. The molecule has 3 aliphatic rings. The number of aliphatic carboxylic acids is 1. The fraction of sp³-hybridized carbons (Fsp3) is 0.443. The number of carbonyl (C=O) groups is 16. The molecule has 734 valence electrons. The summed E-state index contributed by atoms with van der Waals surface area (Å²) < 4.78 is 45.1. The van der Waals surface area contributed by atoms with Crippen LogP contribution in [-0.4, -0.2) is 281 Å². The number of aromatic amines is 1. The van der Waals surface area contributed by atoms with Gasteiger partial charge < -0.3 is 103 Å². The van der Waals surface area contributed by atoms with Gasteiger partial charge in [-0.05, 0) is 113 Å². The third-order valence-corrected chi connectivity index (χ3v) is 25.5. The number of carboxylic acid groups (broad SMARTS) is 1. The first-order valence-electron chi connectivity index (χ1n) is 45.4. The van der Waals surface area contributed by atoms with E-state index < -0.39 is 252 Å². The number of phenols is 2. The number of nitrogens with two attached hydrogens (primary N) is 1. The fourth-order valence-electron chi connectivity index (χ4n) is 17.0. The molecule has 0 saturated carbocycles. The molecule has 40 heteroatoms. The van der Waals surface area contributed by atoms with Crippen molar-refractivity contribution in [2.75, 3.05) is 52.3 Å². The van der Waals surface area contributed by atoms with Crippen molar-refractivity contribution in [2.45, 2.75) is 209 Å². The van der Waals surface area contributed by atoms with Crippen LogP contribution in [-0.2, 0) is 115 Å². The number of fused-ring (bicyclic) bond motifs is 3. The van der Waals surface area contributed by atoms with Crippen molar-refractivity contribution in [3.8, 4) is 11.5 Å².